The van der Waals surface area contributed by atoms with Crippen LogP contribution < -0.4 is 9.64 Å². The van der Waals surface area contributed by atoms with Crippen molar-refractivity contribution < 1.29 is 13.9 Å². The maximum Gasteiger partial charge on any atom is 0.263 e. The normalized spacial score (nSPS) is 17.8. The van der Waals surface area contributed by atoms with Gasteiger partial charge in [-0.1, -0.05) is 12.1 Å². The fourth-order valence-corrected chi connectivity index (χ4v) is 4.19. The molecule has 1 aliphatic heterocycles. The van der Waals surface area contributed by atoms with E-state index in [1.807, 2.05) is 24.0 Å². The van der Waals surface area contributed by atoms with Gasteiger partial charge >= 0.3 is 0 Å². The molecule has 2 aromatic carbocycles. The second kappa shape index (κ2) is 8.21. The molecular weight excluding hydrogens is 355 g/mol. The zero-order chi connectivity index (χ0) is 19.5. The molecule has 5 heteroatoms. The van der Waals surface area contributed by atoms with Gasteiger partial charge in [0.1, 0.15) is 11.6 Å². The van der Waals surface area contributed by atoms with Gasteiger partial charge in [0.15, 0.2) is 6.10 Å². The number of carbonyl (C=O) groups is 1. The molecule has 4 rings (SSSR count). The molecule has 2 aromatic rings. The maximum atomic E-state index is 13.1. The molecule has 1 fully saturated rings. The Morgan fingerprint density at radius 2 is 1.71 bits per heavy atom. The SMILES string of the molecule is CC(Oc1cccc2c1CCCC2)C(=O)N1CCN(c2ccc(F)cc2)CC1. The first-order chi connectivity index (χ1) is 13.6. The Balaban J connectivity index is 1.36. The number of fused-ring (bicyclic) bond motifs is 1. The van der Waals surface area contributed by atoms with Crippen LogP contribution in [0, 0.1) is 5.82 Å². The fourth-order valence-electron chi connectivity index (χ4n) is 4.19. The maximum absolute atomic E-state index is 13.1. The molecule has 0 N–H and O–H groups in total. The van der Waals surface area contributed by atoms with Gasteiger partial charge in [0.2, 0.25) is 0 Å². The number of hydrogen-bond donors (Lipinski definition) is 0. The summed E-state index contributed by atoms with van der Waals surface area (Å²) in [4.78, 5) is 16.9. The van der Waals surface area contributed by atoms with E-state index >= 15 is 0 Å². The molecule has 28 heavy (non-hydrogen) atoms. The minimum atomic E-state index is -0.495. The number of amides is 1. The molecule has 0 saturated carbocycles. The number of nitrogens with zero attached hydrogens (tertiary/aromatic N) is 2. The van der Waals surface area contributed by atoms with Crippen molar-refractivity contribution in [3.8, 4) is 5.75 Å². The molecule has 1 aliphatic carbocycles. The molecule has 2 aliphatic rings. The number of benzene rings is 2. The van der Waals surface area contributed by atoms with Gasteiger partial charge in [-0.25, -0.2) is 4.39 Å². The minimum absolute atomic E-state index is 0.0344. The monoisotopic (exact) mass is 382 g/mol. The van der Waals surface area contributed by atoms with Crippen LogP contribution in [0.5, 0.6) is 5.75 Å². The van der Waals surface area contributed by atoms with E-state index in [2.05, 4.69) is 11.0 Å². The molecule has 0 aromatic heterocycles. The number of halogens is 1. The van der Waals surface area contributed by atoms with E-state index in [4.69, 9.17) is 4.74 Å². The lowest BCUT2D eigenvalue weighted by Gasteiger charge is -2.37. The van der Waals surface area contributed by atoms with Crippen LogP contribution in [0.1, 0.15) is 30.9 Å². The summed E-state index contributed by atoms with van der Waals surface area (Å²) < 4.78 is 19.2. The van der Waals surface area contributed by atoms with Gasteiger partial charge in [-0.15, -0.1) is 0 Å². The highest BCUT2D eigenvalue weighted by atomic mass is 19.1. The third-order valence-electron chi connectivity index (χ3n) is 5.79. The molecule has 1 heterocycles. The topological polar surface area (TPSA) is 32.8 Å². The van der Waals surface area contributed by atoms with E-state index < -0.39 is 6.10 Å². The summed E-state index contributed by atoms with van der Waals surface area (Å²) in [5.74, 6) is 0.668. The smallest absolute Gasteiger partial charge is 0.263 e. The summed E-state index contributed by atoms with van der Waals surface area (Å²) in [5.41, 5.74) is 3.62. The van der Waals surface area contributed by atoms with Gasteiger partial charge in [0.25, 0.3) is 5.91 Å². The van der Waals surface area contributed by atoms with Crippen molar-refractivity contribution in [1.29, 1.82) is 0 Å². The van der Waals surface area contributed by atoms with Gasteiger partial charge < -0.3 is 14.5 Å². The summed E-state index contributed by atoms with van der Waals surface area (Å²) in [6.45, 7) is 4.63. The van der Waals surface area contributed by atoms with Crippen LogP contribution in [0.25, 0.3) is 0 Å². The van der Waals surface area contributed by atoms with Crippen LogP contribution in [0.4, 0.5) is 10.1 Å². The van der Waals surface area contributed by atoms with E-state index in [9.17, 15) is 9.18 Å². The van der Waals surface area contributed by atoms with Crippen LogP contribution >= 0.6 is 0 Å². The van der Waals surface area contributed by atoms with Crippen LogP contribution in [0.15, 0.2) is 42.5 Å². The lowest BCUT2D eigenvalue weighted by Crippen LogP contribution is -2.52. The predicted molar refractivity (Wildman–Crippen MR) is 108 cm³/mol. The van der Waals surface area contributed by atoms with E-state index in [1.165, 1.54) is 36.1 Å². The number of anilines is 1. The largest absolute Gasteiger partial charge is 0.481 e. The van der Waals surface area contributed by atoms with Crippen LogP contribution in [0.2, 0.25) is 0 Å². The summed E-state index contributed by atoms with van der Waals surface area (Å²) in [7, 11) is 0. The highest BCUT2D eigenvalue weighted by Crippen LogP contribution is 2.30. The Bertz CT molecular complexity index is 829. The first kappa shape index (κ1) is 18.8. The van der Waals surface area contributed by atoms with Crippen molar-refractivity contribution in [3.63, 3.8) is 0 Å². The lowest BCUT2D eigenvalue weighted by atomic mass is 9.91. The first-order valence-corrected chi connectivity index (χ1v) is 10.2. The van der Waals surface area contributed by atoms with Gasteiger partial charge in [-0.2, -0.15) is 0 Å². The van der Waals surface area contributed by atoms with Gasteiger partial charge in [-0.3, -0.25) is 4.79 Å². The molecule has 1 saturated heterocycles. The van der Waals surface area contributed by atoms with Crippen LogP contribution in [0.3, 0.4) is 0 Å². The van der Waals surface area contributed by atoms with Crippen molar-refractivity contribution >= 4 is 11.6 Å². The number of carbonyl (C=O) groups excluding carboxylic acids is 1. The average molecular weight is 382 g/mol. The van der Waals surface area contributed by atoms with Gasteiger partial charge in [0, 0.05) is 31.9 Å². The fraction of sp³-hybridized carbons (Fsp3) is 0.435. The molecule has 1 unspecified atom stereocenters. The zero-order valence-electron chi connectivity index (χ0n) is 16.4. The lowest BCUT2D eigenvalue weighted by molar-refractivity contribution is -0.138. The van der Waals surface area contributed by atoms with E-state index in [1.54, 1.807) is 12.1 Å². The number of piperazine rings is 1. The third kappa shape index (κ3) is 3.98. The molecule has 1 amide bonds. The highest BCUT2D eigenvalue weighted by Gasteiger charge is 2.27. The van der Waals surface area contributed by atoms with E-state index in [-0.39, 0.29) is 11.7 Å². The number of ether oxygens (including phenoxy) is 1. The first-order valence-electron chi connectivity index (χ1n) is 10.2. The van der Waals surface area contributed by atoms with Gasteiger partial charge in [0.05, 0.1) is 0 Å². The van der Waals surface area contributed by atoms with Crippen molar-refractivity contribution in [2.75, 3.05) is 31.1 Å². The van der Waals surface area contributed by atoms with Crippen molar-refractivity contribution in [1.82, 2.24) is 4.90 Å². The summed E-state index contributed by atoms with van der Waals surface area (Å²) in [5, 5.41) is 0. The third-order valence-corrected chi connectivity index (χ3v) is 5.79. The Morgan fingerprint density at radius 3 is 2.46 bits per heavy atom. The molecule has 4 nitrogen and oxygen atoms in total. The Labute approximate surface area is 165 Å². The standard InChI is InChI=1S/C23H27FN2O2/c1-17(28-22-8-4-6-18-5-2-3-7-21(18)22)23(27)26-15-13-25(14-16-26)20-11-9-19(24)10-12-20/h4,6,8-12,17H,2-3,5,7,13-16H2,1H3. The molecular formula is C23H27FN2O2. The molecule has 0 spiro atoms. The number of hydrogen-bond acceptors (Lipinski definition) is 3. The van der Waals surface area contributed by atoms with Crippen molar-refractivity contribution in [3.05, 3.63) is 59.4 Å². The summed E-state index contributed by atoms with van der Waals surface area (Å²) in [6, 6.07) is 12.7. The van der Waals surface area contributed by atoms with Crippen molar-refractivity contribution in [2.24, 2.45) is 0 Å². The van der Waals surface area contributed by atoms with E-state index in [0.717, 1.165) is 37.4 Å². The quantitative estimate of drug-likeness (QED) is 0.806. The summed E-state index contributed by atoms with van der Waals surface area (Å²) in [6.07, 6.45) is 4.04. The number of rotatable bonds is 4. The number of aryl methyl sites for hydroxylation is 1. The molecule has 0 radical (unpaired) electrons. The highest BCUT2D eigenvalue weighted by molar-refractivity contribution is 5.81. The minimum Gasteiger partial charge on any atom is -0.481 e. The second-order valence-corrected chi connectivity index (χ2v) is 7.65. The average Bonchev–Trinajstić information content (AvgIpc) is 2.74. The van der Waals surface area contributed by atoms with Gasteiger partial charge in [-0.05, 0) is 74.1 Å². The Kier molecular flexibility index (Phi) is 5.51. The summed E-state index contributed by atoms with van der Waals surface area (Å²) >= 11 is 0. The molecule has 148 valence electrons. The predicted octanol–water partition coefficient (Wildman–Crippen LogP) is 3.82. The Morgan fingerprint density at radius 1 is 1.00 bits per heavy atom. The van der Waals surface area contributed by atoms with Crippen molar-refractivity contribution in [2.45, 2.75) is 38.7 Å². The molecule has 1 atom stereocenters. The Hall–Kier alpha value is -2.56. The van der Waals surface area contributed by atoms with Crippen LogP contribution in [-0.4, -0.2) is 43.1 Å². The zero-order valence-corrected chi connectivity index (χ0v) is 16.4. The van der Waals surface area contributed by atoms with E-state index in [0.29, 0.717) is 13.1 Å². The second-order valence-electron chi connectivity index (χ2n) is 7.65. The van der Waals surface area contributed by atoms with Crippen LogP contribution in [-0.2, 0) is 17.6 Å². The molecule has 0 bridgehead atoms.